The van der Waals surface area contributed by atoms with E-state index in [1.54, 1.807) is 6.20 Å². The Morgan fingerprint density at radius 3 is 2.71 bits per heavy atom. The van der Waals surface area contributed by atoms with Crippen molar-refractivity contribution in [3.63, 3.8) is 0 Å². The van der Waals surface area contributed by atoms with Gasteiger partial charge < -0.3 is 0 Å². The van der Waals surface area contributed by atoms with Gasteiger partial charge in [0.2, 0.25) is 0 Å². The number of hydrogen-bond acceptors (Lipinski definition) is 3. The van der Waals surface area contributed by atoms with Crippen LogP contribution in [0.25, 0.3) is 21.2 Å². The van der Waals surface area contributed by atoms with Crippen molar-refractivity contribution in [2.75, 3.05) is 0 Å². The molecule has 1 heterocycles. The molecule has 17 heavy (non-hydrogen) atoms. The van der Waals surface area contributed by atoms with Gasteiger partial charge in [0.1, 0.15) is 0 Å². The highest BCUT2D eigenvalue weighted by Gasteiger charge is 2.06. The summed E-state index contributed by atoms with van der Waals surface area (Å²) >= 11 is 1.42. The van der Waals surface area contributed by atoms with Gasteiger partial charge in [-0.1, -0.05) is 42.5 Å². The maximum atomic E-state index is 10.7. The maximum Gasteiger partial charge on any atom is 0.178 e. The number of benzene rings is 2. The molecule has 0 radical (unpaired) electrons. The second-order valence-corrected chi connectivity index (χ2v) is 4.77. The Balaban J connectivity index is 2.26. The van der Waals surface area contributed by atoms with Gasteiger partial charge >= 0.3 is 0 Å². The normalized spacial score (nSPS) is 10.6. The Morgan fingerprint density at radius 2 is 1.88 bits per heavy atom. The maximum absolute atomic E-state index is 10.7. The lowest BCUT2D eigenvalue weighted by Gasteiger charge is -2.03. The van der Waals surface area contributed by atoms with E-state index in [4.69, 9.17) is 0 Å². The highest BCUT2D eigenvalue weighted by Crippen LogP contribution is 2.31. The Labute approximate surface area is 103 Å². The highest BCUT2D eigenvalue weighted by molar-refractivity contribution is 7.16. The molecule has 0 aliphatic heterocycles. The number of nitrogens with zero attached hydrogens (tertiary/aromatic N) is 1. The summed E-state index contributed by atoms with van der Waals surface area (Å²) in [7, 11) is 0. The Hall–Kier alpha value is -2.00. The third-order valence-electron chi connectivity index (χ3n) is 2.68. The predicted octanol–water partition coefficient (Wildman–Crippen LogP) is 3.78. The van der Waals surface area contributed by atoms with E-state index in [-0.39, 0.29) is 0 Å². The standard InChI is InChI=1S/C14H9NOS/c16-9-14-15-8-13(17-14)12-7-3-5-10-4-1-2-6-11(10)12/h1-9H. The van der Waals surface area contributed by atoms with Crippen LogP contribution in [0.2, 0.25) is 0 Å². The van der Waals surface area contributed by atoms with Crippen LogP contribution in [0, 0.1) is 0 Å². The summed E-state index contributed by atoms with van der Waals surface area (Å²) in [5, 5.41) is 2.91. The summed E-state index contributed by atoms with van der Waals surface area (Å²) in [5.74, 6) is 0. The number of hydrogen-bond donors (Lipinski definition) is 0. The van der Waals surface area contributed by atoms with Gasteiger partial charge in [0.05, 0.1) is 4.88 Å². The summed E-state index contributed by atoms with van der Waals surface area (Å²) < 4.78 is 0. The van der Waals surface area contributed by atoms with E-state index in [0.29, 0.717) is 5.01 Å². The van der Waals surface area contributed by atoms with Crippen LogP contribution in [-0.4, -0.2) is 11.3 Å². The number of aldehydes is 1. The fourth-order valence-corrected chi connectivity index (χ4v) is 2.68. The molecule has 3 heteroatoms. The lowest BCUT2D eigenvalue weighted by molar-refractivity contribution is 0.112. The molecule has 0 aliphatic rings. The Kier molecular flexibility index (Phi) is 2.46. The zero-order chi connectivity index (χ0) is 11.7. The molecule has 0 unspecified atom stereocenters. The molecule has 1 aromatic heterocycles. The first kappa shape index (κ1) is 10.2. The number of carbonyl (C=O) groups is 1. The van der Waals surface area contributed by atoms with Crippen LogP contribution in [0.3, 0.4) is 0 Å². The quantitative estimate of drug-likeness (QED) is 0.637. The van der Waals surface area contributed by atoms with Crippen LogP contribution < -0.4 is 0 Å². The molecule has 0 N–H and O–H groups in total. The molecule has 2 aromatic carbocycles. The van der Waals surface area contributed by atoms with Gasteiger partial charge in [0.15, 0.2) is 11.3 Å². The lowest BCUT2D eigenvalue weighted by atomic mass is 10.0. The van der Waals surface area contributed by atoms with Gasteiger partial charge in [-0.3, -0.25) is 4.79 Å². The minimum absolute atomic E-state index is 0.521. The topological polar surface area (TPSA) is 30.0 Å². The summed E-state index contributed by atoms with van der Waals surface area (Å²) in [5.41, 5.74) is 1.13. The zero-order valence-corrected chi connectivity index (χ0v) is 9.78. The van der Waals surface area contributed by atoms with Gasteiger partial charge in [0, 0.05) is 11.8 Å². The molecule has 0 aliphatic carbocycles. The van der Waals surface area contributed by atoms with E-state index in [1.807, 2.05) is 18.2 Å². The van der Waals surface area contributed by atoms with Crippen LogP contribution in [-0.2, 0) is 0 Å². The number of rotatable bonds is 2. The van der Waals surface area contributed by atoms with Crippen LogP contribution in [0.4, 0.5) is 0 Å². The summed E-state index contributed by atoms with van der Waals surface area (Å²) in [6.45, 7) is 0. The van der Waals surface area contributed by atoms with Crippen molar-refractivity contribution < 1.29 is 4.79 Å². The summed E-state index contributed by atoms with van der Waals surface area (Å²) in [6.07, 6.45) is 2.55. The largest absolute Gasteiger partial charge is 0.295 e. The van der Waals surface area contributed by atoms with Crippen molar-refractivity contribution in [3.8, 4) is 10.4 Å². The zero-order valence-electron chi connectivity index (χ0n) is 8.96. The molecular formula is C14H9NOS. The fraction of sp³-hybridized carbons (Fsp3) is 0. The van der Waals surface area contributed by atoms with Crippen molar-refractivity contribution in [1.82, 2.24) is 4.98 Å². The van der Waals surface area contributed by atoms with Gasteiger partial charge in [-0.2, -0.15) is 0 Å². The Bertz CT molecular complexity index is 682. The second-order valence-electron chi connectivity index (χ2n) is 3.71. The highest BCUT2D eigenvalue weighted by atomic mass is 32.1. The van der Waals surface area contributed by atoms with Gasteiger partial charge in [-0.05, 0) is 10.8 Å². The van der Waals surface area contributed by atoms with Crippen molar-refractivity contribution >= 4 is 28.4 Å². The van der Waals surface area contributed by atoms with E-state index in [9.17, 15) is 4.79 Å². The van der Waals surface area contributed by atoms with Crippen LogP contribution >= 0.6 is 11.3 Å². The van der Waals surface area contributed by atoms with Gasteiger partial charge in [-0.25, -0.2) is 4.98 Å². The number of thiazole rings is 1. The first-order valence-corrected chi connectivity index (χ1v) is 6.09. The van der Waals surface area contributed by atoms with Crippen LogP contribution in [0.15, 0.2) is 48.7 Å². The minimum atomic E-state index is 0.521. The molecular weight excluding hydrogens is 230 g/mol. The van der Waals surface area contributed by atoms with Crippen LogP contribution in [0.1, 0.15) is 9.80 Å². The Morgan fingerprint density at radius 1 is 1.06 bits per heavy atom. The van der Waals surface area contributed by atoms with Gasteiger partial charge in [0.25, 0.3) is 0 Å². The number of fused-ring (bicyclic) bond motifs is 1. The third kappa shape index (κ3) is 1.74. The van der Waals surface area contributed by atoms with Crippen LogP contribution in [0.5, 0.6) is 0 Å². The monoisotopic (exact) mass is 239 g/mol. The SMILES string of the molecule is O=Cc1ncc(-c2cccc3ccccc23)s1. The number of aromatic nitrogens is 1. The molecule has 2 nitrogen and oxygen atoms in total. The van der Waals surface area contributed by atoms with E-state index in [1.165, 1.54) is 22.1 Å². The van der Waals surface area contributed by atoms with E-state index >= 15 is 0 Å². The molecule has 0 bridgehead atoms. The molecule has 0 saturated heterocycles. The fourth-order valence-electron chi connectivity index (χ4n) is 1.91. The molecule has 82 valence electrons. The van der Waals surface area contributed by atoms with Crippen molar-refractivity contribution in [1.29, 1.82) is 0 Å². The predicted molar refractivity (Wildman–Crippen MR) is 70.4 cm³/mol. The first-order valence-electron chi connectivity index (χ1n) is 5.27. The molecule has 3 aromatic rings. The average Bonchev–Trinajstić information content (AvgIpc) is 2.87. The lowest BCUT2D eigenvalue weighted by Crippen LogP contribution is -1.77. The molecule has 0 spiro atoms. The summed E-state index contributed by atoms with van der Waals surface area (Å²) in [6, 6.07) is 14.4. The molecule has 0 saturated carbocycles. The van der Waals surface area contributed by atoms with E-state index < -0.39 is 0 Å². The van der Waals surface area contributed by atoms with E-state index in [2.05, 4.69) is 29.2 Å². The third-order valence-corrected chi connectivity index (χ3v) is 3.64. The van der Waals surface area contributed by atoms with Crippen molar-refractivity contribution in [2.24, 2.45) is 0 Å². The van der Waals surface area contributed by atoms with Gasteiger partial charge in [-0.15, -0.1) is 11.3 Å². The molecule has 0 amide bonds. The minimum Gasteiger partial charge on any atom is -0.295 e. The molecule has 3 rings (SSSR count). The molecule has 0 fully saturated rings. The molecule has 0 atom stereocenters. The second kappa shape index (κ2) is 4.11. The van der Waals surface area contributed by atoms with Crippen molar-refractivity contribution in [3.05, 3.63) is 53.7 Å². The average molecular weight is 239 g/mol. The first-order chi connectivity index (χ1) is 8.38. The number of carbonyl (C=O) groups excluding carboxylic acids is 1. The van der Waals surface area contributed by atoms with Crippen molar-refractivity contribution in [2.45, 2.75) is 0 Å². The van der Waals surface area contributed by atoms with E-state index in [0.717, 1.165) is 16.7 Å². The smallest absolute Gasteiger partial charge is 0.178 e. The summed E-state index contributed by atoms with van der Waals surface area (Å²) in [4.78, 5) is 15.8.